The number of hydrogen-bond acceptors (Lipinski definition) is 7. The number of halogens is 1. The van der Waals surface area contributed by atoms with Crippen LogP contribution in [0.15, 0.2) is 41.2 Å². The maximum Gasteiger partial charge on any atom is 0.331 e. The number of hydrogen-bond donors (Lipinski definition) is 1. The summed E-state index contributed by atoms with van der Waals surface area (Å²) in [5, 5.41) is 7.12. The maximum atomic E-state index is 13.0. The molecule has 13 heteroatoms. The van der Waals surface area contributed by atoms with Crippen molar-refractivity contribution in [2.75, 3.05) is 16.8 Å². The van der Waals surface area contributed by atoms with E-state index in [9.17, 15) is 22.8 Å². The van der Waals surface area contributed by atoms with Crippen molar-refractivity contribution in [1.82, 2.24) is 19.1 Å². The molecule has 1 N–H and O–H groups in total. The molecule has 0 unspecified atom stereocenters. The van der Waals surface area contributed by atoms with Crippen LogP contribution in [0, 0.1) is 13.8 Å². The quantitative estimate of drug-likeness (QED) is 0.346. The molecule has 38 heavy (non-hydrogen) atoms. The number of esters is 1. The first-order valence-electron chi connectivity index (χ1n) is 11.9. The zero-order valence-electron chi connectivity index (χ0n) is 21.3. The summed E-state index contributed by atoms with van der Waals surface area (Å²) in [5.74, 6) is -1.43. The minimum atomic E-state index is -3.13. The largest absolute Gasteiger partial charge is 0.449 e. The molecular weight excluding hydrogens is 534 g/mol. The molecule has 1 amide bonds. The van der Waals surface area contributed by atoms with E-state index in [1.165, 1.54) is 22.4 Å². The lowest BCUT2D eigenvalue weighted by molar-refractivity contribution is -0.148. The number of carbonyl (C=O) groups excluding carboxylic acids is 2. The van der Waals surface area contributed by atoms with Crippen LogP contribution in [0.5, 0.6) is 0 Å². The van der Waals surface area contributed by atoms with Gasteiger partial charge in [0.25, 0.3) is 11.5 Å². The van der Waals surface area contributed by atoms with Gasteiger partial charge in [0, 0.05) is 18.7 Å². The maximum absolute atomic E-state index is 13.0. The van der Waals surface area contributed by atoms with E-state index in [1.807, 2.05) is 6.07 Å². The smallest absolute Gasteiger partial charge is 0.331 e. The van der Waals surface area contributed by atoms with Crippen LogP contribution in [0.1, 0.15) is 36.3 Å². The fraction of sp³-hybridized carbons (Fsp3) is 0.360. The number of carbonyl (C=O) groups is 2. The van der Waals surface area contributed by atoms with Crippen LogP contribution in [0.25, 0.3) is 11.8 Å². The molecule has 0 saturated carbocycles. The third-order valence-corrected chi connectivity index (χ3v) is 8.60. The number of aryl methyl sites for hydroxylation is 1. The first-order chi connectivity index (χ1) is 17.9. The number of anilines is 1. The van der Waals surface area contributed by atoms with Crippen molar-refractivity contribution in [3.8, 4) is 5.69 Å². The molecule has 0 radical (unpaired) electrons. The second kappa shape index (κ2) is 10.6. The van der Waals surface area contributed by atoms with Gasteiger partial charge in [-0.15, -0.1) is 0 Å². The number of rotatable bonds is 7. The highest BCUT2D eigenvalue weighted by atomic mass is 35.5. The molecule has 3 heterocycles. The number of nitrogens with one attached hydrogen (secondary N) is 1. The van der Waals surface area contributed by atoms with Gasteiger partial charge in [0.2, 0.25) is 0 Å². The van der Waals surface area contributed by atoms with E-state index in [4.69, 9.17) is 16.3 Å². The summed E-state index contributed by atoms with van der Waals surface area (Å²) in [7, 11) is -1.42. The molecule has 1 saturated heterocycles. The number of aromatic nitrogens is 4. The van der Waals surface area contributed by atoms with Crippen molar-refractivity contribution in [3.63, 3.8) is 0 Å². The Kier molecular flexibility index (Phi) is 7.65. The van der Waals surface area contributed by atoms with Gasteiger partial charge in [-0.1, -0.05) is 29.8 Å². The van der Waals surface area contributed by atoms with E-state index in [0.717, 1.165) is 6.08 Å². The first kappa shape index (κ1) is 27.4. The Morgan fingerprint density at radius 2 is 1.92 bits per heavy atom. The van der Waals surface area contributed by atoms with Gasteiger partial charge in [-0.2, -0.15) is 5.10 Å². The average molecular weight is 562 g/mol. The van der Waals surface area contributed by atoms with E-state index in [0.29, 0.717) is 29.1 Å². The van der Waals surface area contributed by atoms with E-state index >= 15 is 0 Å². The number of para-hydroxylation sites is 1. The molecule has 2 atom stereocenters. The molecule has 3 aromatic rings. The molecule has 0 bridgehead atoms. The van der Waals surface area contributed by atoms with E-state index in [2.05, 4.69) is 10.4 Å². The van der Waals surface area contributed by atoms with Gasteiger partial charge in [0.05, 0.1) is 34.6 Å². The van der Waals surface area contributed by atoms with E-state index in [-0.39, 0.29) is 28.4 Å². The second-order valence-corrected chi connectivity index (χ2v) is 11.7. The predicted molar refractivity (Wildman–Crippen MR) is 143 cm³/mol. The molecule has 11 nitrogen and oxygen atoms in total. The Morgan fingerprint density at radius 1 is 1.24 bits per heavy atom. The lowest BCUT2D eigenvalue weighted by Gasteiger charge is -2.11. The third-order valence-electron chi connectivity index (χ3n) is 6.48. The van der Waals surface area contributed by atoms with Crippen molar-refractivity contribution in [2.45, 2.75) is 39.3 Å². The SMILES string of the molecule is Cc1nn([C@H]2CCS(=O)(=O)C2)c(Cl)c1/C=C/C(=O)O[C@@H](C)C(=O)Nc1c(C)n(C)n(-c2ccccc2)c1=O. The van der Waals surface area contributed by atoms with Crippen LogP contribution in [0.2, 0.25) is 5.15 Å². The molecule has 4 rings (SSSR count). The van der Waals surface area contributed by atoms with Crippen molar-refractivity contribution in [1.29, 1.82) is 0 Å². The molecule has 1 aliphatic rings. The molecule has 2 aromatic heterocycles. The number of nitrogens with zero attached hydrogens (tertiary/aromatic N) is 4. The molecule has 1 fully saturated rings. The van der Waals surface area contributed by atoms with Crippen LogP contribution in [-0.2, 0) is 31.2 Å². The Hall–Kier alpha value is -3.64. The van der Waals surface area contributed by atoms with Crippen LogP contribution in [-0.4, -0.2) is 57.0 Å². The summed E-state index contributed by atoms with van der Waals surface area (Å²) in [4.78, 5) is 38.2. The molecule has 1 aromatic carbocycles. The zero-order chi connectivity index (χ0) is 27.8. The Bertz CT molecular complexity index is 1590. The lowest BCUT2D eigenvalue weighted by atomic mass is 10.2. The number of ether oxygens (including phenoxy) is 1. The fourth-order valence-corrected chi connectivity index (χ4v) is 6.35. The van der Waals surface area contributed by atoms with Gasteiger partial charge < -0.3 is 10.1 Å². The number of amides is 1. The summed E-state index contributed by atoms with van der Waals surface area (Å²) >= 11 is 6.43. The van der Waals surface area contributed by atoms with Crippen LogP contribution < -0.4 is 10.9 Å². The number of sulfone groups is 1. The Labute approximate surface area is 224 Å². The van der Waals surface area contributed by atoms with Gasteiger partial charge >= 0.3 is 5.97 Å². The highest BCUT2D eigenvalue weighted by Gasteiger charge is 2.32. The van der Waals surface area contributed by atoms with Gasteiger partial charge in [-0.3, -0.25) is 14.3 Å². The molecule has 0 spiro atoms. The third kappa shape index (κ3) is 5.46. The number of benzene rings is 1. The fourth-order valence-electron chi connectivity index (χ4n) is 4.29. The van der Waals surface area contributed by atoms with Gasteiger partial charge in [-0.05, 0) is 45.4 Å². The van der Waals surface area contributed by atoms with E-state index in [1.54, 1.807) is 49.8 Å². The molecule has 1 aliphatic heterocycles. The van der Waals surface area contributed by atoms with Gasteiger partial charge in [-0.25, -0.2) is 22.6 Å². The lowest BCUT2D eigenvalue weighted by Crippen LogP contribution is -2.31. The van der Waals surface area contributed by atoms with Crippen molar-refractivity contribution < 1.29 is 22.7 Å². The van der Waals surface area contributed by atoms with Gasteiger partial charge in [0.1, 0.15) is 10.8 Å². The summed E-state index contributed by atoms with van der Waals surface area (Å²) in [6.45, 7) is 4.78. The normalized spacial score (nSPS) is 17.6. The summed E-state index contributed by atoms with van der Waals surface area (Å²) in [6, 6.07) is 8.62. The monoisotopic (exact) mass is 561 g/mol. The average Bonchev–Trinajstić information content (AvgIpc) is 3.44. The van der Waals surface area contributed by atoms with Crippen molar-refractivity contribution in [2.24, 2.45) is 7.05 Å². The Balaban J connectivity index is 1.43. The highest BCUT2D eigenvalue weighted by molar-refractivity contribution is 7.91. The first-order valence-corrected chi connectivity index (χ1v) is 14.1. The van der Waals surface area contributed by atoms with E-state index < -0.39 is 33.4 Å². The molecule has 202 valence electrons. The highest BCUT2D eigenvalue weighted by Crippen LogP contribution is 2.30. The topological polar surface area (TPSA) is 134 Å². The summed E-state index contributed by atoms with van der Waals surface area (Å²) < 4.78 is 33.4. The van der Waals surface area contributed by atoms with Crippen LogP contribution in [0.4, 0.5) is 5.69 Å². The van der Waals surface area contributed by atoms with Crippen molar-refractivity contribution >= 4 is 45.1 Å². The van der Waals surface area contributed by atoms with Crippen molar-refractivity contribution in [3.05, 3.63) is 68.9 Å². The summed E-state index contributed by atoms with van der Waals surface area (Å²) in [6.07, 6.45) is 1.75. The summed E-state index contributed by atoms with van der Waals surface area (Å²) in [5.41, 5.74) is 1.81. The minimum absolute atomic E-state index is 0.0387. The van der Waals surface area contributed by atoms with Gasteiger partial charge in [0.15, 0.2) is 15.9 Å². The minimum Gasteiger partial charge on any atom is -0.449 e. The van der Waals surface area contributed by atoms with Crippen LogP contribution in [0.3, 0.4) is 0 Å². The zero-order valence-corrected chi connectivity index (χ0v) is 22.9. The second-order valence-electron chi connectivity index (χ2n) is 9.13. The molecular formula is C25H28ClN5O6S. The standard InChI is InChI=1S/C25H28ClN5O6S/c1-15-20(23(26)30(28-15)19-12-13-38(35,36)14-19)10-11-21(32)37-17(3)24(33)27-22-16(2)29(4)31(25(22)34)18-8-6-5-7-9-18/h5-11,17,19H,12-14H2,1-4H3,(H,27,33)/b11-10+/t17-,19-/m0/s1. The van der Waals surface area contributed by atoms with Crippen LogP contribution >= 0.6 is 11.6 Å². The Morgan fingerprint density at radius 3 is 2.55 bits per heavy atom. The molecule has 0 aliphatic carbocycles. The predicted octanol–water partition coefficient (Wildman–Crippen LogP) is 2.59.